The number of ether oxygens (including phenoxy) is 2. The maximum absolute atomic E-state index is 10.7. The van der Waals surface area contributed by atoms with E-state index in [1.54, 1.807) is 24.3 Å². The first-order valence-electron chi connectivity index (χ1n) is 7.04. The van der Waals surface area contributed by atoms with Crippen molar-refractivity contribution in [1.29, 1.82) is 0 Å². The highest BCUT2D eigenvalue weighted by Gasteiger charge is 2.14. The molecule has 1 aromatic rings. The molecular weight excluding hydrogens is 258 g/mol. The maximum atomic E-state index is 10.7. The van der Waals surface area contributed by atoms with Crippen LogP contribution in [0, 0.1) is 0 Å². The first-order chi connectivity index (χ1) is 9.75. The first-order valence-corrected chi connectivity index (χ1v) is 7.04. The predicted molar refractivity (Wildman–Crippen MR) is 75.4 cm³/mol. The number of nitrogens with one attached hydrogen (secondary N) is 1. The molecule has 0 bridgehead atoms. The molecule has 0 saturated carbocycles. The van der Waals surface area contributed by atoms with Gasteiger partial charge >= 0.3 is 5.97 Å². The van der Waals surface area contributed by atoms with Crippen LogP contribution < -0.4 is 10.1 Å². The van der Waals surface area contributed by atoms with Crippen LogP contribution in [0.3, 0.4) is 0 Å². The number of rotatable bonds is 8. The van der Waals surface area contributed by atoms with E-state index in [1.807, 2.05) is 0 Å². The molecule has 5 heteroatoms. The zero-order chi connectivity index (χ0) is 14.2. The van der Waals surface area contributed by atoms with Crippen molar-refractivity contribution in [2.75, 3.05) is 26.3 Å². The standard InChI is InChI=1S/C15H21NO4/c17-15(18)12-3-5-14(6-4-12)20-11-9-16-8-7-13-2-1-10-19-13/h3-6,13,16H,1-2,7-11H2,(H,17,18). The van der Waals surface area contributed by atoms with Crippen molar-refractivity contribution in [2.45, 2.75) is 25.4 Å². The van der Waals surface area contributed by atoms with Crippen molar-refractivity contribution < 1.29 is 19.4 Å². The number of carboxylic acid groups (broad SMARTS) is 1. The van der Waals surface area contributed by atoms with E-state index in [2.05, 4.69) is 5.32 Å². The third-order valence-electron chi connectivity index (χ3n) is 3.32. The zero-order valence-corrected chi connectivity index (χ0v) is 11.5. The summed E-state index contributed by atoms with van der Waals surface area (Å²) in [6.07, 6.45) is 3.83. The van der Waals surface area contributed by atoms with Gasteiger partial charge in [-0.05, 0) is 50.1 Å². The predicted octanol–water partition coefficient (Wildman–Crippen LogP) is 1.92. The van der Waals surface area contributed by atoms with Gasteiger partial charge < -0.3 is 19.9 Å². The van der Waals surface area contributed by atoms with Crippen LogP contribution in [0.25, 0.3) is 0 Å². The fourth-order valence-electron chi connectivity index (χ4n) is 2.19. The van der Waals surface area contributed by atoms with Gasteiger partial charge in [-0.3, -0.25) is 0 Å². The van der Waals surface area contributed by atoms with Crippen LogP contribution in [0.5, 0.6) is 5.75 Å². The third-order valence-corrected chi connectivity index (χ3v) is 3.32. The molecule has 1 aliphatic heterocycles. The summed E-state index contributed by atoms with van der Waals surface area (Å²) in [7, 11) is 0. The molecule has 1 atom stereocenters. The highest BCUT2D eigenvalue weighted by molar-refractivity contribution is 5.87. The molecule has 110 valence electrons. The molecule has 1 aromatic carbocycles. The molecule has 2 N–H and O–H groups in total. The molecule has 0 aromatic heterocycles. The Bertz CT molecular complexity index is 412. The summed E-state index contributed by atoms with van der Waals surface area (Å²) >= 11 is 0. The largest absolute Gasteiger partial charge is 0.492 e. The van der Waals surface area contributed by atoms with Gasteiger partial charge in [0.25, 0.3) is 0 Å². The van der Waals surface area contributed by atoms with Crippen molar-refractivity contribution in [3.8, 4) is 5.75 Å². The average Bonchev–Trinajstić information content (AvgIpc) is 2.96. The first kappa shape index (κ1) is 14.8. The summed E-state index contributed by atoms with van der Waals surface area (Å²) in [4.78, 5) is 10.7. The van der Waals surface area contributed by atoms with E-state index >= 15 is 0 Å². The number of aromatic carboxylic acids is 1. The van der Waals surface area contributed by atoms with Gasteiger partial charge in [-0.25, -0.2) is 4.79 Å². The number of benzene rings is 1. The second kappa shape index (κ2) is 7.87. The Morgan fingerprint density at radius 1 is 1.35 bits per heavy atom. The normalized spacial score (nSPS) is 18.1. The highest BCUT2D eigenvalue weighted by Crippen LogP contribution is 2.14. The monoisotopic (exact) mass is 279 g/mol. The average molecular weight is 279 g/mol. The van der Waals surface area contributed by atoms with Crippen molar-refractivity contribution in [3.63, 3.8) is 0 Å². The van der Waals surface area contributed by atoms with Crippen molar-refractivity contribution in [2.24, 2.45) is 0 Å². The summed E-state index contributed by atoms with van der Waals surface area (Å²) < 4.78 is 11.1. The summed E-state index contributed by atoms with van der Waals surface area (Å²) in [6.45, 7) is 3.18. The van der Waals surface area contributed by atoms with Crippen LogP contribution in [0.1, 0.15) is 29.6 Å². The van der Waals surface area contributed by atoms with E-state index in [0.29, 0.717) is 18.5 Å². The molecule has 1 heterocycles. The third kappa shape index (κ3) is 4.83. The Balaban J connectivity index is 1.55. The molecule has 0 radical (unpaired) electrons. The molecule has 1 aliphatic rings. The smallest absolute Gasteiger partial charge is 0.335 e. The van der Waals surface area contributed by atoms with Crippen LogP contribution in [-0.2, 0) is 4.74 Å². The summed E-state index contributed by atoms with van der Waals surface area (Å²) in [5, 5.41) is 12.1. The maximum Gasteiger partial charge on any atom is 0.335 e. The minimum absolute atomic E-state index is 0.270. The van der Waals surface area contributed by atoms with Gasteiger partial charge in [0.15, 0.2) is 0 Å². The number of hydrogen-bond acceptors (Lipinski definition) is 4. The van der Waals surface area contributed by atoms with E-state index < -0.39 is 5.97 Å². The van der Waals surface area contributed by atoms with E-state index in [4.69, 9.17) is 14.6 Å². The minimum atomic E-state index is -0.924. The van der Waals surface area contributed by atoms with Gasteiger partial charge in [0.2, 0.25) is 0 Å². The number of carbonyl (C=O) groups is 1. The lowest BCUT2D eigenvalue weighted by molar-refractivity contribution is 0.0697. The SMILES string of the molecule is O=C(O)c1ccc(OCCNCCC2CCCO2)cc1. The molecule has 5 nitrogen and oxygen atoms in total. The molecule has 0 amide bonds. The van der Waals surface area contributed by atoms with Crippen LogP contribution in [0.2, 0.25) is 0 Å². The minimum Gasteiger partial charge on any atom is -0.492 e. The quantitative estimate of drug-likeness (QED) is 0.712. The topological polar surface area (TPSA) is 67.8 Å². The molecule has 1 unspecified atom stereocenters. The van der Waals surface area contributed by atoms with E-state index in [9.17, 15) is 4.79 Å². The summed E-state index contributed by atoms with van der Waals surface area (Å²) in [5.74, 6) is -0.233. The van der Waals surface area contributed by atoms with Crippen LogP contribution in [0.4, 0.5) is 0 Å². The summed E-state index contributed by atoms with van der Waals surface area (Å²) in [6, 6.07) is 6.44. The highest BCUT2D eigenvalue weighted by atomic mass is 16.5. The molecule has 0 spiro atoms. The van der Waals surface area contributed by atoms with Gasteiger partial charge in [-0.1, -0.05) is 0 Å². The zero-order valence-electron chi connectivity index (χ0n) is 11.5. The van der Waals surface area contributed by atoms with Crippen molar-refractivity contribution in [3.05, 3.63) is 29.8 Å². The molecule has 0 aliphatic carbocycles. The van der Waals surface area contributed by atoms with Crippen molar-refractivity contribution in [1.82, 2.24) is 5.32 Å². The lowest BCUT2D eigenvalue weighted by atomic mass is 10.2. The van der Waals surface area contributed by atoms with Crippen LogP contribution in [0.15, 0.2) is 24.3 Å². The lowest BCUT2D eigenvalue weighted by Gasteiger charge is -2.10. The fourth-order valence-corrected chi connectivity index (χ4v) is 2.19. The van der Waals surface area contributed by atoms with Gasteiger partial charge in [-0.15, -0.1) is 0 Å². The van der Waals surface area contributed by atoms with E-state index in [-0.39, 0.29) is 5.56 Å². The Hall–Kier alpha value is -1.59. The second-order valence-corrected chi connectivity index (χ2v) is 4.85. The molecule has 20 heavy (non-hydrogen) atoms. The van der Waals surface area contributed by atoms with E-state index in [0.717, 1.165) is 26.1 Å². The second-order valence-electron chi connectivity index (χ2n) is 4.85. The Morgan fingerprint density at radius 3 is 2.80 bits per heavy atom. The number of carboxylic acids is 1. The fraction of sp³-hybridized carbons (Fsp3) is 0.533. The Labute approximate surface area is 118 Å². The molecular formula is C15H21NO4. The van der Waals surface area contributed by atoms with E-state index in [1.165, 1.54) is 12.8 Å². The number of hydrogen-bond donors (Lipinski definition) is 2. The van der Waals surface area contributed by atoms with Gasteiger partial charge in [0.05, 0.1) is 11.7 Å². The Kier molecular flexibility index (Phi) is 5.83. The van der Waals surface area contributed by atoms with Crippen LogP contribution >= 0.6 is 0 Å². The molecule has 2 rings (SSSR count). The van der Waals surface area contributed by atoms with Gasteiger partial charge in [0.1, 0.15) is 12.4 Å². The van der Waals surface area contributed by atoms with Crippen LogP contribution in [-0.4, -0.2) is 43.5 Å². The van der Waals surface area contributed by atoms with Gasteiger partial charge in [-0.2, -0.15) is 0 Å². The van der Waals surface area contributed by atoms with Crippen molar-refractivity contribution >= 4 is 5.97 Å². The van der Waals surface area contributed by atoms with Gasteiger partial charge in [0, 0.05) is 13.2 Å². The molecule has 1 fully saturated rings. The summed E-state index contributed by atoms with van der Waals surface area (Å²) in [5.41, 5.74) is 0.270. The Morgan fingerprint density at radius 2 is 2.15 bits per heavy atom. The lowest BCUT2D eigenvalue weighted by Crippen LogP contribution is -2.24. The molecule has 1 saturated heterocycles.